The first-order valence-corrected chi connectivity index (χ1v) is 12.2. The molecule has 0 saturated heterocycles. The number of rotatable bonds is 8. The van der Waals surface area contributed by atoms with Gasteiger partial charge >= 0.3 is 0 Å². The van der Waals surface area contributed by atoms with Crippen molar-refractivity contribution in [2.75, 3.05) is 5.75 Å². The molecule has 2 N–H and O–H groups in total. The summed E-state index contributed by atoms with van der Waals surface area (Å²) in [6, 6.07) is 2.15. The topological polar surface area (TPSA) is 90.9 Å². The molecule has 0 spiro atoms. The average molecular weight is 527 g/mol. The Morgan fingerprint density at radius 1 is 1.16 bits per heavy atom. The van der Waals surface area contributed by atoms with Crippen LogP contribution < -0.4 is 5.14 Å². The average Bonchev–Trinajstić information content (AvgIpc) is 2.86. The second-order valence-corrected chi connectivity index (χ2v) is 11.9. The molecule has 2 aromatic rings. The Morgan fingerprint density at radius 2 is 1.71 bits per heavy atom. The van der Waals surface area contributed by atoms with Crippen LogP contribution in [-0.2, 0) is 49.2 Å². The molecular formula is C23H40N4O2SY-2. The van der Waals surface area contributed by atoms with Crippen molar-refractivity contribution in [3.63, 3.8) is 0 Å². The van der Waals surface area contributed by atoms with Crippen molar-refractivity contribution < 1.29 is 42.6 Å². The summed E-state index contributed by atoms with van der Waals surface area (Å²) in [5.41, 5.74) is 1.92. The second kappa shape index (κ2) is 9.40. The Bertz CT molecular complexity index is 1050. The zero-order valence-electron chi connectivity index (χ0n) is 20.8. The molecule has 0 aromatic carbocycles. The molecule has 31 heavy (non-hydrogen) atoms. The summed E-state index contributed by atoms with van der Waals surface area (Å²) in [6.07, 6.45) is 0.854. The van der Waals surface area contributed by atoms with Crippen molar-refractivity contribution in [3.05, 3.63) is 35.7 Å². The maximum atomic E-state index is 11.8. The van der Waals surface area contributed by atoms with Gasteiger partial charge in [-0.15, -0.1) is 12.0 Å². The van der Waals surface area contributed by atoms with Gasteiger partial charge in [-0.05, 0) is 18.7 Å². The number of primary sulfonamides is 1. The number of sulfonamides is 1. The third kappa shape index (κ3) is 5.90. The first-order valence-electron chi connectivity index (χ1n) is 10.5. The van der Waals surface area contributed by atoms with E-state index in [1.54, 1.807) is 0 Å². The standard InChI is InChI=1S/C23H38N4O2S.Y.H2/c1-11-19-18-12-15(2)27(20(18)26-17(4)25-19)13-22(7,8)23(9,10)16(3)21(5,6)14-30(24,28)29;;/h12-13H,11,14H2,1-10H3,(H2,24,28,29);;1H/q-2;;/i;;1+1. The van der Waals surface area contributed by atoms with E-state index in [0.29, 0.717) is 0 Å². The minimum absolute atomic E-state index is 0. The molecule has 175 valence electrons. The van der Waals surface area contributed by atoms with E-state index in [1.807, 2.05) is 27.7 Å². The van der Waals surface area contributed by atoms with Crippen molar-refractivity contribution in [3.8, 4) is 0 Å². The van der Waals surface area contributed by atoms with Gasteiger partial charge in [-0.25, -0.2) is 18.5 Å². The van der Waals surface area contributed by atoms with Crippen LogP contribution in [0.1, 0.15) is 74.0 Å². The van der Waals surface area contributed by atoms with Gasteiger partial charge in [-0.3, -0.25) is 4.98 Å². The summed E-state index contributed by atoms with van der Waals surface area (Å²) in [5.74, 6) is 1.78. The zero-order chi connectivity index (χ0) is 23.3. The van der Waals surface area contributed by atoms with Crippen molar-refractivity contribution in [1.82, 2.24) is 14.5 Å². The fourth-order valence-electron chi connectivity index (χ4n) is 4.26. The van der Waals surface area contributed by atoms with E-state index in [0.717, 1.165) is 40.6 Å². The van der Waals surface area contributed by atoms with Gasteiger partial charge in [0.25, 0.3) is 0 Å². The van der Waals surface area contributed by atoms with Gasteiger partial charge in [0.2, 0.25) is 10.0 Å². The smallest absolute Gasteiger partial charge is 0.207 e. The van der Waals surface area contributed by atoms with Gasteiger partial charge in [-0.1, -0.05) is 72.6 Å². The number of aromatic nitrogens is 3. The largest absolute Gasteiger partial charge is 0.466 e. The van der Waals surface area contributed by atoms with E-state index in [4.69, 9.17) is 10.1 Å². The molecule has 0 saturated carbocycles. The molecule has 2 heterocycles. The van der Waals surface area contributed by atoms with Crippen molar-refractivity contribution >= 4 is 21.1 Å². The minimum atomic E-state index is -3.58. The molecule has 1 radical (unpaired) electrons. The summed E-state index contributed by atoms with van der Waals surface area (Å²) >= 11 is 0. The Balaban J connectivity index is 0.00000480. The number of hydrogen-bond acceptors (Lipinski definition) is 4. The molecule has 0 unspecified atom stereocenters. The van der Waals surface area contributed by atoms with Crippen molar-refractivity contribution in [2.45, 2.75) is 75.7 Å². The molecule has 0 fully saturated rings. The van der Waals surface area contributed by atoms with E-state index in [2.05, 4.69) is 63.7 Å². The van der Waals surface area contributed by atoms with Crippen LogP contribution in [0.2, 0.25) is 0 Å². The van der Waals surface area contributed by atoms with E-state index >= 15 is 0 Å². The fourth-order valence-corrected chi connectivity index (χ4v) is 5.48. The fraction of sp³-hybridized carbons (Fsp3) is 0.652. The van der Waals surface area contributed by atoms with Crippen LogP contribution in [0.15, 0.2) is 6.07 Å². The number of fused-ring (bicyclic) bond motifs is 1. The van der Waals surface area contributed by atoms with Gasteiger partial charge in [0, 0.05) is 51.2 Å². The molecule has 0 atom stereocenters. The van der Waals surface area contributed by atoms with Crippen LogP contribution in [0.25, 0.3) is 11.0 Å². The predicted molar refractivity (Wildman–Crippen MR) is 126 cm³/mol. The molecule has 8 heteroatoms. The summed E-state index contributed by atoms with van der Waals surface area (Å²) < 4.78 is 25.8. The zero-order valence-corrected chi connectivity index (χ0v) is 24.4. The molecule has 2 rings (SSSR count). The van der Waals surface area contributed by atoms with Crippen LogP contribution in [0.3, 0.4) is 0 Å². The SMILES string of the molecule is CCc1nc(C)nc2c1cc(C)n2[CH-]C(C)(C)C(C)(C)[C-](C)C(C)(C)CS(N)(=O)=O.[2HH].[Y]. The molecule has 0 bridgehead atoms. The van der Waals surface area contributed by atoms with Gasteiger partial charge < -0.3 is 10.5 Å². The van der Waals surface area contributed by atoms with Gasteiger partial charge in [0.05, 0.1) is 0 Å². The van der Waals surface area contributed by atoms with Crippen LogP contribution in [-0.4, -0.2) is 28.7 Å². The number of nitrogens with two attached hydrogens (primary N) is 1. The first-order chi connectivity index (χ1) is 13.4. The molecular weight excluding hydrogens is 485 g/mol. The van der Waals surface area contributed by atoms with Gasteiger partial charge in [-0.2, -0.15) is 12.3 Å². The molecule has 6 nitrogen and oxygen atoms in total. The van der Waals surface area contributed by atoms with E-state index in [1.165, 1.54) is 0 Å². The number of nitrogens with zero attached hydrogens (tertiary/aromatic N) is 3. The summed E-state index contributed by atoms with van der Waals surface area (Å²) in [5, 5.41) is 6.46. The monoisotopic (exact) mass is 526 g/mol. The Morgan fingerprint density at radius 3 is 2.19 bits per heavy atom. The van der Waals surface area contributed by atoms with E-state index in [9.17, 15) is 8.42 Å². The summed E-state index contributed by atoms with van der Waals surface area (Å²) in [6.45, 7) is 23.0. The second-order valence-electron chi connectivity index (χ2n) is 10.3. The van der Waals surface area contributed by atoms with E-state index < -0.39 is 15.4 Å². The predicted octanol–water partition coefficient (Wildman–Crippen LogP) is 4.83. The first kappa shape index (κ1) is 28.5. The normalized spacial score (nSPS) is 13.5. The third-order valence-corrected chi connectivity index (χ3v) is 8.11. The van der Waals surface area contributed by atoms with Crippen LogP contribution in [0.5, 0.6) is 0 Å². The summed E-state index contributed by atoms with van der Waals surface area (Å²) in [4.78, 5) is 9.33. The Hall–Kier alpha value is -0.496. The number of aryl methyl sites for hydroxylation is 3. The maximum Gasteiger partial charge on any atom is 0.207 e. The Kier molecular flexibility index (Phi) is 8.65. The van der Waals surface area contributed by atoms with Crippen LogP contribution in [0, 0.1) is 42.6 Å². The molecule has 0 aliphatic rings. The van der Waals surface area contributed by atoms with Gasteiger partial charge in [0.15, 0.2) is 0 Å². The van der Waals surface area contributed by atoms with Crippen LogP contribution in [0.4, 0.5) is 0 Å². The molecule has 2 aromatic heterocycles. The maximum absolute atomic E-state index is 11.8. The molecule has 0 aliphatic heterocycles. The van der Waals surface area contributed by atoms with E-state index in [-0.39, 0.29) is 50.7 Å². The minimum Gasteiger partial charge on any atom is -0.466 e. The quantitative estimate of drug-likeness (QED) is 0.499. The van der Waals surface area contributed by atoms with Crippen molar-refractivity contribution in [2.24, 2.45) is 21.4 Å². The Labute approximate surface area is 215 Å². The van der Waals surface area contributed by atoms with Crippen molar-refractivity contribution in [1.29, 1.82) is 0 Å². The van der Waals surface area contributed by atoms with Crippen LogP contribution >= 0.6 is 0 Å². The summed E-state index contributed by atoms with van der Waals surface area (Å²) in [7, 11) is -3.58. The van der Waals surface area contributed by atoms with Gasteiger partial charge in [0.1, 0.15) is 5.82 Å². The number of hydrogen-bond donors (Lipinski definition) is 1. The third-order valence-electron chi connectivity index (χ3n) is 6.99. The molecule has 0 aliphatic carbocycles. The molecule has 0 amide bonds.